The van der Waals surface area contributed by atoms with Gasteiger partial charge in [0, 0.05) is 30.7 Å². The minimum absolute atomic E-state index is 0.0848. The average molecular weight is 342 g/mol. The van der Waals surface area contributed by atoms with E-state index >= 15 is 0 Å². The molecule has 3 rings (SSSR count). The molecule has 6 heteroatoms. The van der Waals surface area contributed by atoms with E-state index in [0.717, 1.165) is 37.1 Å². The molecule has 1 fully saturated rings. The molecule has 2 heterocycles. The Balaban J connectivity index is 1.53. The third-order valence-electron chi connectivity index (χ3n) is 4.54. The summed E-state index contributed by atoms with van der Waals surface area (Å²) in [4.78, 5) is 16.3. The quantitative estimate of drug-likeness (QED) is 0.847. The first-order valence-electron chi connectivity index (χ1n) is 8.89. The first kappa shape index (κ1) is 17.5. The van der Waals surface area contributed by atoms with Gasteiger partial charge >= 0.3 is 6.03 Å². The Kier molecular flexibility index (Phi) is 5.71. The maximum Gasteiger partial charge on any atom is 0.315 e. The molecular formula is C19H26N4O2. The van der Waals surface area contributed by atoms with Gasteiger partial charge in [0.2, 0.25) is 0 Å². The normalized spacial score (nSPS) is 19.4. The fourth-order valence-corrected chi connectivity index (χ4v) is 3.20. The molecule has 0 unspecified atom stereocenters. The molecule has 1 aliphatic rings. The Bertz CT molecular complexity index is 680. The van der Waals surface area contributed by atoms with Crippen LogP contribution in [0.2, 0.25) is 0 Å². The molecule has 1 saturated heterocycles. The number of urea groups is 1. The van der Waals surface area contributed by atoms with Crippen LogP contribution >= 0.6 is 0 Å². The lowest BCUT2D eigenvalue weighted by atomic mass is 10.1. The second kappa shape index (κ2) is 8.16. The summed E-state index contributed by atoms with van der Waals surface area (Å²) in [5.74, 6) is 0. The first-order chi connectivity index (χ1) is 12.1. The van der Waals surface area contributed by atoms with Crippen molar-refractivity contribution >= 4 is 6.03 Å². The van der Waals surface area contributed by atoms with E-state index < -0.39 is 0 Å². The third-order valence-corrected chi connectivity index (χ3v) is 4.54. The molecular weight excluding hydrogens is 316 g/mol. The predicted molar refractivity (Wildman–Crippen MR) is 96.7 cm³/mol. The van der Waals surface area contributed by atoms with Gasteiger partial charge in [0.1, 0.15) is 0 Å². The van der Waals surface area contributed by atoms with Crippen molar-refractivity contribution < 1.29 is 9.53 Å². The van der Waals surface area contributed by atoms with Crippen molar-refractivity contribution in [1.82, 2.24) is 20.2 Å². The number of nitrogens with one attached hydrogen (secondary N) is 2. The fourth-order valence-electron chi connectivity index (χ4n) is 3.20. The van der Waals surface area contributed by atoms with Gasteiger partial charge in [-0.05, 0) is 50.8 Å². The third kappa shape index (κ3) is 4.82. The molecule has 0 radical (unpaired) electrons. The van der Waals surface area contributed by atoms with E-state index in [1.54, 1.807) is 12.5 Å². The highest BCUT2D eigenvalue weighted by atomic mass is 16.5. The summed E-state index contributed by atoms with van der Waals surface area (Å²) < 4.78 is 7.57. The zero-order chi connectivity index (χ0) is 17.6. The van der Waals surface area contributed by atoms with Crippen LogP contribution in [0, 0.1) is 0 Å². The summed E-state index contributed by atoms with van der Waals surface area (Å²) in [5.41, 5.74) is 2.07. The van der Waals surface area contributed by atoms with Crippen molar-refractivity contribution in [3.05, 3.63) is 48.5 Å². The van der Waals surface area contributed by atoms with Crippen molar-refractivity contribution in [1.29, 1.82) is 0 Å². The average Bonchev–Trinajstić information content (AvgIpc) is 3.28. The van der Waals surface area contributed by atoms with Crippen LogP contribution in [0.25, 0.3) is 5.69 Å². The minimum atomic E-state index is -0.147. The number of rotatable bonds is 6. The number of carbonyl (C=O) groups is 1. The Morgan fingerprint density at radius 1 is 1.40 bits per heavy atom. The largest absolute Gasteiger partial charge is 0.378 e. The molecule has 3 atom stereocenters. The first-order valence-corrected chi connectivity index (χ1v) is 8.89. The number of nitrogens with zero attached hydrogens (tertiary/aromatic N) is 2. The van der Waals surface area contributed by atoms with Gasteiger partial charge in [-0.25, -0.2) is 9.78 Å². The van der Waals surface area contributed by atoms with Gasteiger partial charge in [-0.15, -0.1) is 0 Å². The van der Waals surface area contributed by atoms with Crippen LogP contribution in [0.1, 0.15) is 44.7 Å². The molecule has 1 aromatic heterocycles. The van der Waals surface area contributed by atoms with E-state index in [0.29, 0.717) is 0 Å². The molecule has 2 N–H and O–H groups in total. The summed E-state index contributed by atoms with van der Waals surface area (Å²) in [5, 5.41) is 6.01. The topological polar surface area (TPSA) is 68.2 Å². The van der Waals surface area contributed by atoms with Gasteiger partial charge in [0.25, 0.3) is 0 Å². The summed E-state index contributed by atoms with van der Waals surface area (Å²) in [7, 11) is 0. The van der Waals surface area contributed by atoms with Crippen LogP contribution in [0.4, 0.5) is 4.79 Å². The van der Waals surface area contributed by atoms with E-state index in [1.165, 1.54) is 0 Å². The number of imidazole rings is 1. The van der Waals surface area contributed by atoms with E-state index in [1.807, 2.05) is 42.8 Å². The standard InChI is InChI=1S/C19H26N4O2/c1-14(11-18-7-4-10-25-18)21-19(24)22-15(2)16-5-3-6-17(12-16)23-9-8-20-13-23/h3,5-6,8-9,12-15,18H,4,7,10-11H2,1-2H3,(H2,21,22,24)/t14-,15+,18+/m1/s1. The number of ether oxygens (including phenoxy) is 1. The number of benzene rings is 1. The summed E-state index contributed by atoms with van der Waals surface area (Å²) >= 11 is 0. The van der Waals surface area contributed by atoms with Gasteiger partial charge in [-0.1, -0.05) is 12.1 Å². The SMILES string of the molecule is C[C@H](C[C@@H]1CCCO1)NC(=O)N[C@@H](C)c1cccc(-n2ccnc2)c1. The Hall–Kier alpha value is -2.34. The molecule has 1 aliphatic heterocycles. The van der Waals surface area contributed by atoms with Gasteiger partial charge < -0.3 is 19.9 Å². The Labute approximate surface area is 148 Å². The molecule has 0 aliphatic carbocycles. The van der Waals surface area contributed by atoms with E-state index in [4.69, 9.17) is 4.74 Å². The molecule has 1 aromatic carbocycles. The van der Waals surface area contributed by atoms with E-state index in [-0.39, 0.29) is 24.2 Å². The van der Waals surface area contributed by atoms with Crippen molar-refractivity contribution in [3.63, 3.8) is 0 Å². The second-order valence-corrected chi connectivity index (χ2v) is 6.68. The van der Waals surface area contributed by atoms with E-state index in [2.05, 4.69) is 21.7 Å². The minimum Gasteiger partial charge on any atom is -0.378 e. The zero-order valence-corrected chi connectivity index (χ0v) is 14.8. The van der Waals surface area contributed by atoms with Crippen LogP contribution in [0.15, 0.2) is 43.0 Å². The monoisotopic (exact) mass is 342 g/mol. The van der Waals surface area contributed by atoms with Crippen molar-refractivity contribution in [2.45, 2.75) is 51.3 Å². The molecule has 2 aromatic rings. The maximum atomic E-state index is 12.2. The number of hydrogen-bond donors (Lipinski definition) is 2. The van der Waals surface area contributed by atoms with Crippen LogP contribution < -0.4 is 10.6 Å². The highest BCUT2D eigenvalue weighted by Gasteiger charge is 2.20. The molecule has 0 spiro atoms. The summed E-state index contributed by atoms with van der Waals surface area (Å²) in [6, 6.07) is 7.93. The molecule has 6 nitrogen and oxygen atoms in total. The van der Waals surface area contributed by atoms with Crippen LogP contribution in [-0.4, -0.2) is 34.3 Å². The molecule has 0 bridgehead atoms. The lowest BCUT2D eigenvalue weighted by Gasteiger charge is -2.20. The van der Waals surface area contributed by atoms with Crippen LogP contribution in [0.3, 0.4) is 0 Å². The number of amides is 2. The Morgan fingerprint density at radius 2 is 2.28 bits per heavy atom. The smallest absolute Gasteiger partial charge is 0.315 e. The second-order valence-electron chi connectivity index (χ2n) is 6.68. The van der Waals surface area contributed by atoms with Gasteiger partial charge in [-0.3, -0.25) is 0 Å². The highest BCUT2D eigenvalue weighted by molar-refractivity contribution is 5.74. The van der Waals surface area contributed by atoms with Crippen molar-refractivity contribution in [3.8, 4) is 5.69 Å². The lowest BCUT2D eigenvalue weighted by Crippen LogP contribution is -2.42. The fraction of sp³-hybridized carbons (Fsp3) is 0.474. The summed E-state index contributed by atoms with van der Waals surface area (Å²) in [6.45, 7) is 4.84. The maximum absolute atomic E-state index is 12.2. The molecule has 0 saturated carbocycles. The molecule has 134 valence electrons. The van der Waals surface area contributed by atoms with Crippen molar-refractivity contribution in [2.24, 2.45) is 0 Å². The summed E-state index contributed by atoms with van der Waals surface area (Å²) in [6.07, 6.45) is 8.75. The molecule has 25 heavy (non-hydrogen) atoms. The van der Waals surface area contributed by atoms with Gasteiger partial charge in [0.05, 0.1) is 18.5 Å². The Morgan fingerprint density at radius 3 is 3.00 bits per heavy atom. The number of aromatic nitrogens is 2. The lowest BCUT2D eigenvalue weighted by molar-refractivity contribution is 0.0971. The predicted octanol–water partition coefficient (Wildman–Crippen LogP) is 3.19. The zero-order valence-electron chi connectivity index (χ0n) is 14.8. The number of carbonyl (C=O) groups excluding carboxylic acids is 1. The molecule has 2 amide bonds. The number of hydrogen-bond acceptors (Lipinski definition) is 3. The van der Waals surface area contributed by atoms with Crippen LogP contribution in [-0.2, 0) is 4.74 Å². The van der Waals surface area contributed by atoms with Crippen molar-refractivity contribution in [2.75, 3.05) is 6.61 Å². The van der Waals surface area contributed by atoms with E-state index in [9.17, 15) is 4.79 Å². The van der Waals surface area contributed by atoms with Gasteiger partial charge in [-0.2, -0.15) is 0 Å². The van der Waals surface area contributed by atoms with Gasteiger partial charge in [0.15, 0.2) is 0 Å². The highest BCUT2D eigenvalue weighted by Crippen LogP contribution is 2.18. The van der Waals surface area contributed by atoms with Crippen LogP contribution in [0.5, 0.6) is 0 Å².